The summed E-state index contributed by atoms with van der Waals surface area (Å²) >= 11 is 0. The van der Waals surface area contributed by atoms with Crippen LogP contribution in [0.3, 0.4) is 0 Å². The van der Waals surface area contributed by atoms with Crippen molar-refractivity contribution in [2.24, 2.45) is 0 Å². The second-order valence-corrected chi connectivity index (χ2v) is 2.73. The Morgan fingerprint density at radius 2 is 2.15 bits per heavy atom. The molecule has 0 aliphatic rings. The highest BCUT2D eigenvalue weighted by Crippen LogP contribution is 2.18. The number of aldehydes is 1. The van der Waals surface area contributed by atoms with Gasteiger partial charge in [0.25, 0.3) is 0 Å². The third kappa shape index (κ3) is 1.75. The Morgan fingerprint density at radius 3 is 2.69 bits per heavy atom. The number of hydrogen-bond acceptors (Lipinski definition) is 3. The van der Waals surface area contributed by atoms with Gasteiger partial charge < -0.3 is 5.32 Å². The van der Waals surface area contributed by atoms with Crippen molar-refractivity contribution in [2.75, 3.05) is 12.4 Å². The summed E-state index contributed by atoms with van der Waals surface area (Å²) in [7, 11) is 1.72. The van der Waals surface area contributed by atoms with Gasteiger partial charge in [0, 0.05) is 12.7 Å². The molecular formula is C10H11NO2. The largest absolute Gasteiger partial charge is 0.388 e. The monoisotopic (exact) mass is 177 g/mol. The van der Waals surface area contributed by atoms with Crippen LogP contribution >= 0.6 is 0 Å². The van der Waals surface area contributed by atoms with E-state index >= 15 is 0 Å². The molecule has 1 rings (SSSR count). The van der Waals surface area contributed by atoms with Crippen LogP contribution in [0.25, 0.3) is 0 Å². The van der Waals surface area contributed by atoms with Crippen molar-refractivity contribution in [1.29, 1.82) is 0 Å². The third-order valence-corrected chi connectivity index (χ3v) is 1.90. The fraction of sp³-hybridized carbons (Fsp3) is 0.200. The lowest BCUT2D eigenvalue weighted by Gasteiger charge is -2.07. The molecular weight excluding hydrogens is 166 g/mol. The molecule has 68 valence electrons. The maximum Gasteiger partial charge on any atom is 0.227 e. The molecule has 0 bridgehead atoms. The number of aryl methyl sites for hydroxylation is 1. The molecule has 0 radical (unpaired) electrons. The zero-order valence-electron chi connectivity index (χ0n) is 7.63. The summed E-state index contributed by atoms with van der Waals surface area (Å²) in [5, 5.41) is 2.87. The Labute approximate surface area is 76.8 Å². The third-order valence-electron chi connectivity index (χ3n) is 1.90. The average Bonchev–Trinajstić information content (AvgIpc) is 2.16. The van der Waals surface area contributed by atoms with E-state index in [1.807, 2.05) is 6.07 Å². The molecule has 0 aliphatic carbocycles. The number of carbonyl (C=O) groups is 2. The molecule has 0 aliphatic heterocycles. The first-order valence-electron chi connectivity index (χ1n) is 3.97. The van der Waals surface area contributed by atoms with Gasteiger partial charge in [0.1, 0.15) is 0 Å². The fourth-order valence-electron chi connectivity index (χ4n) is 1.26. The van der Waals surface area contributed by atoms with Gasteiger partial charge in [-0.3, -0.25) is 9.59 Å². The van der Waals surface area contributed by atoms with E-state index in [9.17, 15) is 9.59 Å². The van der Waals surface area contributed by atoms with Crippen molar-refractivity contribution in [1.82, 2.24) is 0 Å². The first-order chi connectivity index (χ1) is 6.20. The van der Waals surface area contributed by atoms with Gasteiger partial charge in [0.2, 0.25) is 5.78 Å². The summed E-state index contributed by atoms with van der Waals surface area (Å²) < 4.78 is 0. The van der Waals surface area contributed by atoms with Crippen molar-refractivity contribution in [3.63, 3.8) is 0 Å². The molecule has 0 saturated carbocycles. The van der Waals surface area contributed by atoms with Gasteiger partial charge in [-0.05, 0) is 18.6 Å². The van der Waals surface area contributed by atoms with Crippen molar-refractivity contribution in [3.05, 3.63) is 29.3 Å². The molecule has 3 heteroatoms. The lowest BCUT2D eigenvalue weighted by atomic mass is 10.0. The van der Waals surface area contributed by atoms with Gasteiger partial charge in [0.05, 0.1) is 5.56 Å². The van der Waals surface area contributed by atoms with Gasteiger partial charge in [-0.2, -0.15) is 0 Å². The Bertz CT molecular complexity index is 345. The van der Waals surface area contributed by atoms with Gasteiger partial charge in [-0.15, -0.1) is 0 Å². The first-order valence-corrected chi connectivity index (χ1v) is 3.97. The lowest BCUT2D eigenvalue weighted by Crippen LogP contribution is -2.06. The number of Topliss-reactive ketones (excluding diaryl/α,β-unsaturated/α-hetero) is 1. The summed E-state index contributed by atoms with van der Waals surface area (Å²) in [6.07, 6.45) is 0.336. The molecule has 1 N–H and O–H groups in total. The maximum absolute atomic E-state index is 11.2. The second-order valence-electron chi connectivity index (χ2n) is 2.73. The predicted octanol–water partition coefficient (Wildman–Crippen LogP) is 1.42. The number of hydrogen-bond donors (Lipinski definition) is 1. The number of rotatable bonds is 3. The Kier molecular flexibility index (Phi) is 2.80. The molecule has 1 aromatic rings. The molecule has 0 unspecified atom stereocenters. The summed E-state index contributed by atoms with van der Waals surface area (Å²) in [6.45, 7) is 1.80. The highest BCUT2D eigenvalue weighted by molar-refractivity contribution is 6.35. The standard InChI is InChI=1S/C10H11NO2/c1-7-4-3-5-8(11-2)10(7)9(13)6-12/h3-6,11H,1-2H3. The molecule has 0 fully saturated rings. The van der Waals surface area contributed by atoms with Crippen LogP contribution < -0.4 is 5.32 Å². The van der Waals surface area contributed by atoms with E-state index in [1.165, 1.54) is 0 Å². The molecule has 13 heavy (non-hydrogen) atoms. The van der Waals surface area contributed by atoms with Crippen LogP contribution in [-0.4, -0.2) is 19.1 Å². The minimum atomic E-state index is -0.484. The Balaban J connectivity index is 3.30. The average molecular weight is 177 g/mol. The second kappa shape index (κ2) is 3.85. The van der Waals surface area contributed by atoms with Crippen LogP contribution in [0.5, 0.6) is 0 Å². The van der Waals surface area contributed by atoms with Crippen LogP contribution in [0.2, 0.25) is 0 Å². The molecule has 1 aromatic carbocycles. The summed E-state index contributed by atoms with van der Waals surface area (Å²) in [5.74, 6) is -0.484. The Hall–Kier alpha value is -1.64. The number of nitrogens with one attached hydrogen (secondary N) is 1. The van der Waals surface area contributed by atoms with Gasteiger partial charge in [-0.1, -0.05) is 12.1 Å². The highest BCUT2D eigenvalue weighted by Gasteiger charge is 2.11. The molecule has 0 saturated heterocycles. The molecule has 0 atom stereocenters. The highest BCUT2D eigenvalue weighted by atomic mass is 16.2. The SMILES string of the molecule is CNc1cccc(C)c1C(=O)C=O. The van der Waals surface area contributed by atoms with E-state index < -0.39 is 5.78 Å². The van der Waals surface area contributed by atoms with Gasteiger partial charge in [-0.25, -0.2) is 0 Å². The molecule has 0 heterocycles. The Morgan fingerprint density at radius 1 is 1.46 bits per heavy atom. The van der Waals surface area contributed by atoms with E-state index in [2.05, 4.69) is 5.32 Å². The maximum atomic E-state index is 11.2. The predicted molar refractivity (Wildman–Crippen MR) is 51.1 cm³/mol. The minimum absolute atomic E-state index is 0.336. The fourth-order valence-corrected chi connectivity index (χ4v) is 1.26. The zero-order chi connectivity index (χ0) is 9.84. The summed E-state index contributed by atoms with van der Waals surface area (Å²) in [4.78, 5) is 21.6. The quantitative estimate of drug-likeness (QED) is 0.431. The normalized spacial score (nSPS) is 9.38. The van der Waals surface area contributed by atoms with E-state index in [1.54, 1.807) is 26.1 Å². The van der Waals surface area contributed by atoms with Crippen molar-refractivity contribution in [3.8, 4) is 0 Å². The van der Waals surface area contributed by atoms with Crippen molar-refractivity contribution in [2.45, 2.75) is 6.92 Å². The first kappa shape index (κ1) is 9.45. The van der Waals surface area contributed by atoms with Crippen LogP contribution in [-0.2, 0) is 4.79 Å². The number of ketones is 1. The summed E-state index contributed by atoms with van der Waals surface area (Å²) in [6, 6.07) is 5.41. The number of benzene rings is 1. The van der Waals surface area contributed by atoms with Gasteiger partial charge in [0.15, 0.2) is 6.29 Å². The van der Waals surface area contributed by atoms with Crippen LogP contribution in [0.4, 0.5) is 5.69 Å². The van der Waals surface area contributed by atoms with E-state index in [4.69, 9.17) is 0 Å². The minimum Gasteiger partial charge on any atom is -0.388 e. The smallest absolute Gasteiger partial charge is 0.227 e. The molecule has 0 aromatic heterocycles. The molecule has 3 nitrogen and oxygen atoms in total. The van der Waals surface area contributed by atoms with Crippen LogP contribution in [0.1, 0.15) is 15.9 Å². The van der Waals surface area contributed by atoms with Crippen LogP contribution in [0, 0.1) is 6.92 Å². The number of anilines is 1. The zero-order valence-corrected chi connectivity index (χ0v) is 7.63. The van der Waals surface area contributed by atoms with E-state index in [-0.39, 0.29) is 0 Å². The van der Waals surface area contributed by atoms with E-state index in [0.29, 0.717) is 17.5 Å². The van der Waals surface area contributed by atoms with Crippen molar-refractivity contribution >= 4 is 17.8 Å². The van der Waals surface area contributed by atoms with Crippen LogP contribution in [0.15, 0.2) is 18.2 Å². The molecule has 0 amide bonds. The lowest BCUT2D eigenvalue weighted by molar-refractivity contribution is -0.104. The summed E-state index contributed by atoms with van der Waals surface area (Å²) in [5.41, 5.74) is 1.96. The van der Waals surface area contributed by atoms with Crippen molar-refractivity contribution < 1.29 is 9.59 Å². The number of carbonyl (C=O) groups excluding carboxylic acids is 2. The van der Waals surface area contributed by atoms with E-state index in [0.717, 1.165) is 5.56 Å². The van der Waals surface area contributed by atoms with Gasteiger partial charge >= 0.3 is 0 Å². The topological polar surface area (TPSA) is 46.2 Å². The molecule has 0 spiro atoms.